The lowest BCUT2D eigenvalue weighted by Gasteiger charge is -2.25. The lowest BCUT2D eigenvalue weighted by molar-refractivity contribution is -0.142. The van der Waals surface area contributed by atoms with Gasteiger partial charge in [0, 0.05) is 25.9 Å². The lowest BCUT2D eigenvalue weighted by atomic mass is 10.0. The monoisotopic (exact) mass is 605 g/mol. The van der Waals surface area contributed by atoms with Gasteiger partial charge in [0.25, 0.3) is 0 Å². The van der Waals surface area contributed by atoms with Crippen LogP contribution in [0.3, 0.4) is 0 Å². The van der Waals surface area contributed by atoms with Crippen LogP contribution >= 0.6 is 0 Å². The summed E-state index contributed by atoms with van der Waals surface area (Å²) in [6.07, 6.45) is 0.500. The summed E-state index contributed by atoms with van der Waals surface area (Å²) in [6, 6.07) is 3.91. The number of rotatable bonds is 20. The number of benzene rings is 1. The van der Waals surface area contributed by atoms with Gasteiger partial charge in [0.2, 0.25) is 23.6 Å². The van der Waals surface area contributed by atoms with Gasteiger partial charge in [-0.15, -0.1) is 0 Å². The van der Waals surface area contributed by atoms with Crippen molar-refractivity contribution in [1.82, 2.24) is 16.0 Å². The van der Waals surface area contributed by atoms with Gasteiger partial charge < -0.3 is 55.5 Å². The Hall–Kier alpha value is -4.93. The second-order valence-corrected chi connectivity index (χ2v) is 9.72. The number of carbonyl (C=O) groups is 5. The third kappa shape index (κ3) is 15.6. The van der Waals surface area contributed by atoms with E-state index in [1.807, 2.05) is 0 Å². The van der Waals surface area contributed by atoms with E-state index in [1.54, 1.807) is 30.3 Å². The minimum Gasteiger partial charge on any atom is -0.480 e. The highest BCUT2D eigenvalue weighted by molar-refractivity contribution is 5.94. The maximum absolute atomic E-state index is 13.4. The first-order chi connectivity index (χ1) is 20.3. The summed E-state index contributed by atoms with van der Waals surface area (Å²) >= 11 is 0. The molecular weight excluding hydrogens is 562 g/mol. The van der Waals surface area contributed by atoms with Gasteiger partial charge in [-0.2, -0.15) is 0 Å². The average Bonchev–Trinajstić information content (AvgIpc) is 2.94. The Kier molecular flexibility index (Phi) is 16.1. The molecule has 238 valence electrons. The van der Waals surface area contributed by atoms with Gasteiger partial charge in [0.05, 0.1) is 6.04 Å². The van der Waals surface area contributed by atoms with Crippen LogP contribution in [-0.4, -0.2) is 83.9 Å². The quantitative estimate of drug-likeness (QED) is 0.0394. The second-order valence-electron chi connectivity index (χ2n) is 9.72. The molecule has 1 aromatic carbocycles. The highest BCUT2D eigenvalue weighted by Gasteiger charge is 2.30. The third-order valence-electron chi connectivity index (χ3n) is 6.09. The molecular formula is C26H43N11O6. The van der Waals surface area contributed by atoms with E-state index in [4.69, 9.17) is 34.4 Å². The fourth-order valence-corrected chi connectivity index (χ4v) is 3.85. The molecule has 4 atom stereocenters. The molecule has 0 radical (unpaired) electrons. The molecule has 0 fully saturated rings. The molecule has 4 amide bonds. The van der Waals surface area contributed by atoms with Gasteiger partial charge in [-0.3, -0.25) is 29.2 Å². The second kappa shape index (κ2) is 19.2. The van der Waals surface area contributed by atoms with Crippen molar-refractivity contribution in [2.45, 2.75) is 69.1 Å². The molecule has 0 aliphatic carbocycles. The van der Waals surface area contributed by atoms with Crippen LogP contribution in [0.25, 0.3) is 0 Å². The van der Waals surface area contributed by atoms with Gasteiger partial charge in [0.15, 0.2) is 11.9 Å². The van der Waals surface area contributed by atoms with Crippen LogP contribution in [0.5, 0.6) is 0 Å². The number of nitrogens with two attached hydrogens (primary N) is 6. The van der Waals surface area contributed by atoms with Gasteiger partial charge in [0.1, 0.15) is 18.1 Å². The SMILES string of the molecule is NC(=O)CCC(NC(=O)C(Cc1ccccc1)NC(=O)C(CCCN=C(N)N)NC(=O)C(N)CCCN=C(N)N)C(=O)O. The van der Waals surface area contributed by atoms with Crippen molar-refractivity contribution >= 4 is 41.5 Å². The molecule has 4 unspecified atom stereocenters. The van der Waals surface area contributed by atoms with Crippen molar-refractivity contribution in [2.24, 2.45) is 44.4 Å². The van der Waals surface area contributed by atoms with Crippen molar-refractivity contribution in [3.05, 3.63) is 35.9 Å². The number of carbonyl (C=O) groups excluding carboxylic acids is 4. The molecule has 43 heavy (non-hydrogen) atoms. The number of nitrogens with zero attached hydrogens (tertiary/aromatic N) is 2. The highest BCUT2D eigenvalue weighted by atomic mass is 16.4. The predicted octanol–water partition coefficient (Wildman–Crippen LogP) is -3.53. The van der Waals surface area contributed by atoms with Crippen LogP contribution in [0.1, 0.15) is 44.1 Å². The first-order valence-corrected chi connectivity index (χ1v) is 13.6. The van der Waals surface area contributed by atoms with E-state index >= 15 is 0 Å². The minimum atomic E-state index is -1.43. The van der Waals surface area contributed by atoms with Gasteiger partial charge in [-0.05, 0) is 37.7 Å². The molecule has 0 aliphatic rings. The van der Waals surface area contributed by atoms with Crippen molar-refractivity contribution in [2.75, 3.05) is 13.1 Å². The molecule has 0 saturated carbocycles. The standard InChI is InChI=1S/C26H43N11O6/c27-16(8-4-12-33-25(29)30)21(39)35-17(9-5-13-34-26(31)32)22(40)37-19(14-15-6-2-1-3-7-15)23(41)36-18(24(42)43)10-11-20(28)38/h1-3,6-7,16-19H,4-5,8-14,27H2,(H2,28,38)(H,35,39)(H,36,41)(H,37,40)(H,42,43)(H4,29,30,33)(H4,31,32,34). The zero-order valence-electron chi connectivity index (χ0n) is 23.9. The Morgan fingerprint density at radius 2 is 1.21 bits per heavy atom. The Bertz CT molecular complexity index is 1140. The largest absolute Gasteiger partial charge is 0.480 e. The lowest BCUT2D eigenvalue weighted by Crippen LogP contribution is -2.57. The van der Waals surface area contributed by atoms with Crippen LogP contribution < -0.4 is 50.4 Å². The Labute approximate surface area is 249 Å². The molecule has 1 rings (SSSR count). The molecule has 0 heterocycles. The average molecular weight is 606 g/mol. The van der Waals surface area contributed by atoms with E-state index in [0.29, 0.717) is 18.4 Å². The number of guanidine groups is 2. The summed E-state index contributed by atoms with van der Waals surface area (Å²) in [5.41, 5.74) is 33.1. The topological polar surface area (TPSA) is 323 Å². The van der Waals surface area contributed by atoms with Crippen molar-refractivity contribution in [3.63, 3.8) is 0 Å². The van der Waals surface area contributed by atoms with Crippen LogP contribution in [-0.2, 0) is 30.4 Å². The summed E-state index contributed by atoms with van der Waals surface area (Å²) in [4.78, 5) is 70.1. The number of amides is 4. The summed E-state index contributed by atoms with van der Waals surface area (Å²) in [6.45, 7) is 0.430. The van der Waals surface area contributed by atoms with Crippen LogP contribution in [0.2, 0.25) is 0 Å². The summed E-state index contributed by atoms with van der Waals surface area (Å²) in [5.74, 6) is -4.49. The van der Waals surface area contributed by atoms with E-state index in [9.17, 15) is 29.1 Å². The molecule has 0 aromatic heterocycles. The minimum absolute atomic E-state index is 0.000452. The van der Waals surface area contributed by atoms with Crippen molar-refractivity contribution < 1.29 is 29.1 Å². The van der Waals surface area contributed by atoms with Crippen molar-refractivity contribution in [1.29, 1.82) is 0 Å². The first-order valence-electron chi connectivity index (χ1n) is 13.6. The number of aliphatic imine (C=N–C) groups is 2. The number of primary amides is 1. The van der Waals surface area contributed by atoms with Crippen LogP contribution in [0, 0.1) is 0 Å². The highest BCUT2D eigenvalue weighted by Crippen LogP contribution is 2.08. The predicted molar refractivity (Wildman–Crippen MR) is 160 cm³/mol. The van der Waals surface area contributed by atoms with Gasteiger partial charge in [-0.25, -0.2) is 4.79 Å². The molecule has 1 aromatic rings. The molecule has 17 heteroatoms. The maximum Gasteiger partial charge on any atom is 0.326 e. The fourth-order valence-electron chi connectivity index (χ4n) is 3.85. The number of hydrogen-bond acceptors (Lipinski definition) is 8. The van der Waals surface area contributed by atoms with Crippen LogP contribution in [0.4, 0.5) is 0 Å². The molecule has 0 saturated heterocycles. The Morgan fingerprint density at radius 3 is 1.74 bits per heavy atom. The zero-order valence-corrected chi connectivity index (χ0v) is 23.9. The molecule has 0 aliphatic heterocycles. The maximum atomic E-state index is 13.4. The smallest absolute Gasteiger partial charge is 0.326 e. The Morgan fingerprint density at radius 1 is 0.698 bits per heavy atom. The summed E-state index contributed by atoms with van der Waals surface area (Å²) in [5, 5.41) is 17.1. The van der Waals surface area contributed by atoms with E-state index in [0.717, 1.165) is 0 Å². The molecule has 0 spiro atoms. The Balaban J connectivity index is 3.12. The van der Waals surface area contributed by atoms with Crippen molar-refractivity contribution in [3.8, 4) is 0 Å². The summed E-state index contributed by atoms with van der Waals surface area (Å²) in [7, 11) is 0. The molecule has 0 bridgehead atoms. The van der Waals surface area contributed by atoms with Crippen LogP contribution in [0.15, 0.2) is 40.3 Å². The molecule has 17 nitrogen and oxygen atoms in total. The third-order valence-corrected chi connectivity index (χ3v) is 6.09. The summed E-state index contributed by atoms with van der Waals surface area (Å²) < 4.78 is 0. The van der Waals surface area contributed by atoms with Gasteiger partial charge in [-0.1, -0.05) is 30.3 Å². The number of nitrogens with one attached hydrogen (secondary N) is 3. The number of carboxylic acid groups (broad SMARTS) is 1. The van der Waals surface area contributed by atoms with E-state index < -0.39 is 53.8 Å². The number of carboxylic acids is 1. The van der Waals surface area contributed by atoms with E-state index in [1.165, 1.54) is 0 Å². The van der Waals surface area contributed by atoms with Gasteiger partial charge >= 0.3 is 5.97 Å². The fraction of sp³-hybridized carbons (Fsp3) is 0.500. The van der Waals surface area contributed by atoms with E-state index in [2.05, 4.69) is 25.9 Å². The zero-order chi connectivity index (χ0) is 32.4. The number of hydrogen-bond donors (Lipinski definition) is 10. The normalized spacial score (nSPS) is 13.3. The number of aliphatic carboxylic acids is 1. The molecule has 16 N–H and O–H groups in total. The first kappa shape index (κ1) is 36.1. The van der Waals surface area contributed by atoms with E-state index in [-0.39, 0.29) is 57.1 Å².